The van der Waals surface area contributed by atoms with Crippen LogP contribution in [0, 0.1) is 0 Å². The summed E-state index contributed by atoms with van der Waals surface area (Å²) in [5.74, 6) is 0.495. The first-order chi connectivity index (χ1) is 13.7. The minimum Gasteiger partial charge on any atom is -0.493 e. The average Bonchev–Trinajstić information content (AvgIpc) is 3.26. The van der Waals surface area contributed by atoms with Crippen LogP contribution in [0.15, 0.2) is 74.6 Å². The van der Waals surface area contributed by atoms with E-state index in [4.69, 9.17) is 13.6 Å². The summed E-state index contributed by atoms with van der Waals surface area (Å²) in [7, 11) is 1.49. The lowest BCUT2D eigenvalue weighted by molar-refractivity contribution is 0.0947. The molecular formula is C21H16N2O5. The molecule has 0 unspecified atom stereocenters. The summed E-state index contributed by atoms with van der Waals surface area (Å²) in [4.78, 5) is 29.2. The van der Waals surface area contributed by atoms with E-state index >= 15 is 0 Å². The van der Waals surface area contributed by atoms with E-state index in [0.717, 1.165) is 5.56 Å². The van der Waals surface area contributed by atoms with Crippen LogP contribution in [0.5, 0.6) is 5.75 Å². The summed E-state index contributed by atoms with van der Waals surface area (Å²) in [5, 5.41) is 3.34. The van der Waals surface area contributed by atoms with Crippen molar-refractivity contribution in [3.8, 4) is 17.2 Å². The molecule has 1 amide bonds. The molecule has 7 heteroatoms. The van der Waals surface area contributed by atoms with Crippen LogP contribution in [0.25, 0.3) is 22.4 Å². The van der Waals surface area contributed by atoms with E-state index in [9.17, 15) is 9.59 Å². The van der Waals surface area contributed by atoms with Gasteiger partial charge in [0.2, 0.25) is 0 Å². The number of nitrogens with zero attached hydrogens (tertiary/aromatic N) is 1. The third-order valence-electron chi connectivity index (χ3n) is 4.27. The molecule has 0 radical (unpaired) electrons. The number of hydrogen-bond acceptors (Lipinski definition) is 6. The maximum absolute atomic E-state index is 12.6. The fourth-order valence-electron chi connectivity index (χ4n) is 2.92. The summed E-state index contributed by atoms with van der Waals surface area (Å²) in [6.07, 6.45) is 3.20. The predicted octanol–water partition coefficient (Wildman–Crippen LogP) is 3.39. The van der Waals surface area contributed by atoms with Crippen molar-refractivity contribution in [1.82, 2.24) is 10.3 Å². The number of nitrogens with one attached hydrogen (secondary N) is 1. The van der Waals surface area contributed by atoms with Crippen LogP contribution in [0.3, 0.4) is 0 Å². The fourth-order valence-corrected chi connectivity index (χ4v) is 2.92. The zero-order valence-corrected chi connectivity index (χ0v) is 15.0. The van der Waals surface area contributed by atoms with Crippen LogP contribution in [0.1, 0.15) is 15.9 Å². The molecule has 0 bridgehead atoms. The van der Waals surface area contributed by atoms with E-state index in [1.807, 2.05) is 6.07 Å². The minimum atomic E-state index is -0.730. The maximum atomic E-state index is 12.6. The van der Waals surface area contributed by atoms with E-state index in [-0.39, 0.29) is 12.1 Å². The molecule has 28 heavy (non-hydrogen) atoms. The number of amides is 1. The third-order valence-corrected chi connectivity index (χ3v) is 4.27. The molecule has 0 fully saturated rings. The highest BCUT2D eigenvalue weighted by molar-refractivity contribution is 5.97. The quantitative estimate of drug-likeness (QED) is 0.537. The minimum absolute atomic E-state index is 0.0795. The van der Waals surface area contributed by atoms with Crippen LogP contribution >= 0.6 is 0 Å². The van der Waals surface area contributed by atoms with Gasteiger partial charge in [0.1, 0.15) is 11.3 Å². The Labute approximate surface area is 159 Å². The van der Waals surface area contributed by atoms with Crippen LogP contribution in [0.4, 0.5) is 0 Å². The summed E-state index contributed by atoms with van der Waals surface area (Å²) >= 11 is 0. The van der Waals surface area contributed by atoms with Crippen LogP contribution in [-0.2, 0) is 6.54 Å². The molecule has 0 saturated carbocycles. The zero-order chi connectivity index (χ0) is 19.5. The number of fused-ring (bicyclic) bond motifs is 1. The second kappa shape index (κ2) is 7.40. The second-order valence-electron chi connectivity index (χ2n) is 6.00. The Balaban J connectivity index is 1.60. The number of rotatable bonds is 5. The molecule has 0 spiro atoms. The number of methoxy groups -OCH3 is 1. The van der Waals surface area contributed by atoms with Gasteiger partial charge in [0.15, 0.2) is 17.1 Å². The Morgan fingerprint density at radius 1 is 1.18 bits per heavy atom. The van der Waals surface area contributed by atoms with Gasteiger partial charge in [-0.1, -0.05) is 18.2 Å². The van der Waals surface area contributed by atoms with E-state index in [2.05, 4.69) is 10.3 Å². The van der Waals surface area contributed by atoms with Gasteiger partial charge in [-0.05, 0) is 30.3 Å². The molecular weight excluding hydrogens is 360 g/mol. The van der Waals surface area contributed by atoms with Crippen molar-refractivity contribution in [3.05, 3.63) is 82.5 Å². The number of aromatic nitrogens is 1. The number of para-hydroxylation sites is 1. The Bertz CT molecular complexity index is 1200. The zero-order valence-electron chi connectivity index (χ0n) is 15.0. The lowest BCUT2D eigenvalue weighted by atomic mass is 10.1. The van der Waals surface area contributed by atoms with Gasteiger partial charge in [0, 0.05) is 23.7 Å². The summed E-state index contributed by atoms with van der Waals surface area (Å²) in [5.41, 5.74) is 0.885. The molecule has 3 heterocycles. The standard InChI is InChI=1S/C21H16N2O5/c1-26-17-7-2-5-13-11-15(21(25)28-19(13)17)20(24)23-12-14-6-3-9-22-18(14)16-8-4-10-27-16/h2-11H,12H2,1H3,(H,23,24). The molecule has 7 nitrogen and oxygen atoms in total. The average molecular weight is 376 g/mol. The molecule has 0 aliphatic carbocycles. The van der Waals surface area contributed by atoms with Gasteiger partial charge in [0.05, 0.1) is 13.4 Å². The number of hydrogen-bond donors (Lipinski definition) is 1. The van der Waals surface area contributed by atoms with Gasteiger partial charge in [-0.3, -0.25) is 9.78 Å². The first-order valence-electron chi connectivity index (χ1n) is 8.54. The number of carbonyl (C=O) groups is 1. The third kappa shape index (κ3) is 3.25. The number of benzene rings is 1. The van der Waals surface area contributed by atoms with Crippen LogP contribution in [0.2, 0.25) is 0 Å². The van der Waals surface area contributed by atoms with Crippen molar-refractivity contribution in [1.29, 1.82) is 0 Å². The fraction of sp³-hybridized carbons (Fsp3) is 0.0952. The Kier molecular flexibility index (Phi) is 4.63. The molecule has 3 aromatic heterocycles. The SMILES string of the molecule is COc1cccc2cc(C(=O)NCc3cccnc3-c3ccco3)c(=O)oc12. The number of carbonyl (C=O) groups excluding carboxylic acids is 1. The van der Waals surface area contributed by atoms with Crippen LogP contribution < -0.4 is 15.7 Å². The van der Waals surface area contributed by atoms with Crippen molar-refractivity contribution in [2.75, 3.05) is 7.11 Å². The number of furan rings is 1. The molecule has 4 aromatic rings. The topological polar surface area (TPSA) is 94.6 Å². The lowest BCUT2D eigenvalue weighted by Crippen LogP contribution is -2.28. The molecule has 0 atom stereocenters. The van der Waals surface area contributed by atoms with Gasteiger partial charge in [-0.2, -0.15) is 0 Å². The Morgan fingerprint density at radius 3 is 2.86 bits per heavy atom. The van der Waals surface area contributed by atoms with E-state index < -0.39 is 11.5 Å². The normalized spacial score (nSPS) is 10.8. The van der Waals surface area contributed by atoms with E-state index in [1.165, 1.54) is 13.2 Å². The van der Waals surface area contributed by atoms with Gasteiger partial charge in [0.25, 0.3) is 5.91 Å². The second-order valence-corrected chi connectivity index (χ2v) is 6.00. The number of ether oxygens (including phenoxy) is 1. The molecule has 4 rings (SSSR count). The lowest BCUT2D eigenvalue weighted by Gasteiger charge is -2.09. The van der Waals surface area contributed by atoms with Gasteiger partial charge in [-0.15, -0.1) is 0 Å². The first-order valence-corrected chi connectivity index (χ1v) is 8.54. The largest absolute Gasteiger partial charge is 0.493 e. The van der Waals surface area contributed by atoms with Crippen molar-refractivity contribution < 1.29 is 18.4 Å². The molecule has 140 valence electrons. The molecule has 0 aliphatic rings. The van der Waals surface area contributed by atoms with E-state index in [0.29, 0.717) is 28.2 Å². The van der Waals surface area contributed by atoms with E-state index in [1.54, 1.807) is 48.9 Å². The summed E-state index contributed by atoms with van der Waals surface area (Å²) < 4.78 is 15.9. The molecule has 0 aliphatic heterocycles. The van der Waals surface area contributed by atoms with Gasteiger partial charge in [-0.25, -0.2) is 4.79 Å². The summed E-state index contributed by atoms with van der Waals surface area (Å²) in [6.45, 7) is 0.179. The number of pyridine rings is 1. The van der Waals surface area contributed by atoms with Gasteiger partial charge < -0.3 is 18.9 Å². The smallest absolute Gasteiger partial charge is 0.349 e. The highest BCUT2D eigenvalue weighted by atomic mass is 16.5. The molecule has 1 N–H and O–H groups in total. The van der Waals surface area contributed by atoms with Crippen molar-refractivity contribution in [2.45, 2.75) is 6.54 Å². The van der Waals surface area contributed by atoms with Crippen molar-refractivity contribution in [3.63, 3.8) is 0 Å². The maximum Gasteiger partial charge on any atom is 0.349 e. The van der Waals surface area contributed by atoms with Crippen molar-refractivity contribution >= 4 is 16.9 Å². The van der Waals surface area contributed by atoms with Gasteiger partial charge >= 0.3 is 5.63 Å². The summed E-state index contributed by atoms with van der Waals surface area (Å²) in [6, 6.07) is 13.8. The highest BCUT2D eigenvalue weighted by Gasteiger charge is 2.16. The molecule has 0 saturated heterocycles. The highest BCUT2D eigenvalue weighted by Crippen LogP contribution is 2.25. The Morgan fingerprint density at radius 2 is 2.07 bits per heavy atom. The van der Waals surface area contributed by atoms with Crippen molar-refractivity contribution in [2.24, 2.45) is 0 Å². The first kappa shape index (κ1) is 17.5. The van der Waals surface area contributed by atoms with Crippen LogP contribution in [-0.4, -0.2) is 18.0 Å². The predicted molar refractivity (Wildman–Crippen MR) is 102 cm³/mol. The Hall–Kier alpha value is -3.87. The monoisotopic (exact) mass is 376 g/mol. The molecule has 1 aromatic carbocycles.